The van der Waals surface area contributed by atoms with Crippen molar-refractivity contribution in [3.63, 3.8) is 0 Å². The lowest BCUT2D eigenvalue weighted by Crippen LogP contribution is -2.24. The molecule has 42 heavy (non-hydrogen) atoms. The average Bonchev–Trinajstić information content (AvgIpc) is 2.74. The highest BCUT2D eigenvalue weighted by atomic mass is 31.3. The minimum atomic E-state index is -5.34. The van der Waals surface area contributed by atoms with E-state index in [0.717, 1.165) is 0 Å². The van der Waals surface area contributed by atoms with Gasteiger partial charge in [0, 0.05) is 41.5 Å². The maximum atomic E-state index is 13.8. The molecule has 9 nitrogen and oxygen atoms in total. The second kappa shape index (κ2) is 13.5. The molecule has 0 fully saturated rings. The Balaban J connectivity index is 4.20. The van der Waals surface area contributed by atoms with Gasteiger partial charge in [-0.2, -0.15) is 0 Å². The van der Waals surface area contributed by atoms with Crippen molar-refractivity contribution in [3.8, 4) is 0 Å². The van der Waals surface area contributed by atoms with Crippen LogP contribution in [0.2, 0.25) is 0 Å². The van der Waals surface area contributed by atoms with Gasteiger partial charge in [-0.15, -0.1) is 13.5 Å². The van der Waals surface area contributed by atoms with E-state index in [9.17, 15) is 52.7 Å². The predicted octanol–water partition coefficient (Wildman–Crippen LogP) is 9.87. The van der Waals surface area contributed by atoms with Crippen LogP contribution in [0.5, 0.6) is 0 Å². The van der Waals surface area contributed by atoms with E-state index in [0.29, 0.717) is 0 Å². The maximum absolute atomic E-state index is 13.8. The Morgan fingerprint density at radius 2 is 0.452 bits per heavy atom. The summed E-state index contributed by atoms with van der Waals surface area (Å²) >= 11 is 0. The Bertz CT molecular complexity index is 861. The van der Waals surface area contributed by atoms with Crippen LogP contribution in [0.25, 0.3) is 0 Å². The van der Waals surface area contributed by atoms with Crippen LogP contribution in [0.4, 0.5) is 52.7 Å². The number of rotatable bonds is 18. The van der Waals surface area contributed by atoms with Crippen molar-refractivity contribution < 1.29 is 79.8 Å². The summed E-state index contributed by atoms with van der Waals surface area (Å²) in [6.07, 6.45) is 0. The Labute approximate surface area is 233 Å². The minimum absolute atomic E-state index is 0.238. The number of halogens is 12. The Morgan fingerprint density at radius 1 is 0.333 bits per heavy atom. The van der Waals surface area contributed by atoms with Gasteiger partial charge in [0.2, 0.25) is 0 Å². The van der Waals surface area contributed by atoms with Crippen LogP contribution < -0.4 is 0 Å². The van der Waals surface area contributed by atoms with Crippen molar-refractivity contribution in [1.29, 1.82) is 0 Å². The van der Waals surface area contributed by atoms with Crippen LogP contribution in [0.1, 0.15) is 41.5 Å². The van der Waals surface area contributed by atoms with Gasteiger partial charge in [0.1, 0.15) is 39.6 Å². The number of alkyl halides is 12. The Morgan fingerprint density at radius 3 is 0.548 bits per heavy atom. The molecule has 0 spiro atoms. The third-order valence-electron chi connectivity index (χ3n) is 3.60. The minimum Gasteiger partial charge on any atom is -0.300 e. The van der Waals surface area contributed by atoms with Gasteiger partial charge in [-0.05, 0) is 0 Å². The molecule has 252 valence electrons. The molecule has 0 saturated heterocycles. The van der Waals surface area contributed by atoms with Crippen molar-refractivity contribution in [2.24, 2.45) is 13.5 Å². The van der Waals surface area contributed by atoms with Crippen LogP contribution in [0.15, 0.2) is 13.5 Å². The van der Waals surface area contributed by atoms with Crippen LogP contribution in [0, 0.1) is 0 Å². The fourth-order valence-corrected chi connectivity index (χ4v) is 12.0. The van der Waals surface area contributed by atoms with Gasteiger partial charge in [0.15, 0.2) is 0 Å². The first-order valence-electron chi connectivity index (χ1n) is 11.4. The fourth-order valence-electron chi connectivity index (χ4n) is 2.09. The molecule has 0 unspecified atom stereocenters. The lowest BCUT2D eigenvalue weighted by molar-refractivity contribution is -0.0446. The zero-order valence-electron chi connectivity index (χ0n) is 22.9. The first-order valence-corrected chi connectivity index (χ1v) is 16.0. The number of hydrogen-bond acceptors (Lipinski definition) is 9. The summed E-state index contributed by atoms with van der Waals surface area (Å²) in [4.78, 5) is 0. The highest BCUT2D eigenvalue weighted by Crippen LogP contribution is 2.81. The largest absolute Gasteiger partial charge is 0.349 e. The topological polar surface area (TPSA) is 92.5 Å². The highest BCUT2D eigenvalue weighted by Gasteiger charge is 2.48. The standard InChI is InChI=1S/C18H30F12N3O6P3/c1-13(19,20)7-34-40(35-8-14(2,21)22)31-41(36-9-15(3,23)24,37-10-16(4,25)26)33-42(32-40,38-11-17(5,27)28)39-12-18(6,29)30/h7-12H2,1-6H3. The van der Waals surface area contributed by atoms with E-state index in [1.807, 2.05) is 0 Å². The third kappa shape index (κ3) is 16.6. The third-order valence-corrected chi connectivity index (χ3v) is 11.8. The van der Waals surface area contributed by atoms with E-state index in [1.165, 1.54) is 0 Å². The van der Waals surface area contributed by atoms with Crippen molar-refractivity contribution in [2.45, 2.75) is 77.1 Å². The van der Waals surface area contributed by atoms with Crippen LogP contribution in [-0.4, -0.2) is 75.2 Å². The van der Waals surface area contributed by atoms with Gasteiger partial charge in [-0.25, -0.2) is 52.7 Å². The number of hydrogen-bond donors (Lipinski definition) is 0. The van der Waals surface area contributed by atoms with Crippen LogP contribution >= 0.6 is 23.0 Å². The molecule has 0 aromatic heterocycles. The van der Waals surface area contributed by atoms with Crippen molar-refractivity contribution in [2.75, 3.05) is 39.6 Å². The molecule has 0 N–H and O–H groups in total. The van der Waals surface area contributed by atoms with Crippen LogP contribution in [-0.2, 0) is 27.1 Å². The molecule has 0 radical (unpaired) electrons. The molecule has 0 aromatic carbocycles. The predicted molar refractivity (Wildman–Crippen MR) is 127 cm³/mol. The van der Waals surface area contributed by atoms with E-state index in [4.69, 9.17) is 27.1 Å². The average molecular weight is 705 g/mol. The van der Waals surface area contributed by atoms with Gasteiger partial charge in [-0.3, -0.25) is 27.1 Å². The van der Waals surface area contributed by atoms with Crippen molar-refractivity contribution in [3.05, 3.63) is 0 Å². The lowest BCUT2D eigenvalue weighted by atomic mass is 10.4. The summed E-state index contributed by atoms with van der Waals surface area (Å²) in [7, 11) is -16.0. The molecule has 24 heteroatoms. The fraction of sp³-hybridized carbons (Fsp3) is 1.00. The zero-order chi connectivity index (χ0) is 33.1. The molecular formula is C18H30F12N3O6P3. The SMILES string of the molecule is CC(F)(F)COP1(OCC(C)(F)F)=NP(OCC(C)(F)F)(OCC(C)(F)F)=NP(OCC(C)(F)F)(OCC(C)(F)F)=N1. The molecule has 1 heterocycles. The molecule has 0 atom stereocenters. The van der Waals surface area contributed by atoms with E-state index >= 15 is 0 Å². The molecular weight excluding hydrogens is 675 g/mol. The molecule has 0 amide bonds. The zero-order valence-corrected chi connectivity index (χ0v) is 25.6. The van der Waals surface area contributed by atoms with E-state index < -0.39 is 98.2 Å². The molecule has 0 saturated carbocycles. The van der Waals surface area contributed by atoms with Gasteiger partial charge >= 0.3 is 23.0 Å². The summed E-state index contributed by atoms with van der Waals surface area (Å²) in [5.41, 5.74) is 0. The van der Waals surface area contributed by atoms with Gasteiger partial charge in [0.05, 0.1) is 0 Å². The van der Waals surface area contributed by atoms with Gasteiger partial charge in [0.25, 0.3) is 35.5 Å². The van der Waals surface area contributed by atoms with E-state index in [2.05, 4.69) is 13.5 Å². The summed E-state index contributed by atoms with van der Waals surface area (Å²) in [6, 6.07) is 0. The normalized spacial score (nSPS) is 19.6. The van der Waals surface area contributed by atoms with E-state index in [1.54, 1.807) is 0 Å². The Hall–Kier alpha value is -0.390. The summed E-state index contributed by atoms with van der Waals surface area (Å²) in [5.74, 6) is -23.0. The van der Waals surface area contributed by atoms with Crippen molar-refractivity contribution >= 4 is 23.0 Å². The Kier molecular flexibility index (Phi) is 12.8. The lowest BCUT2D eigenvalue weighted by Gasteiger charge is -2.35. The first kappa shape index (κ1) is 39.6. The van der Waals surface area contributed by atoms with Gasteiger partial charge < -0.3 is 0 Å². The molecule has 1 aliphatic rings. The summed E-state index contributed by atoms with van der Waals surface area (Å²) in [5, 5.41) is 0. The molecule has 0 aromatic rings. The second-order valence-electron chi connectivity index (χ2n) is 9.80. The molecule has 0 aliphatic carbocycles. The molecule has 1 aliphatic heterocycles. The highest BCUT2D eigenvalue weighted by molar-refractivity contribution is 7.78. The second-order valence-corrected chi connectivity index (χ2v) is 16.4. The molecule has 0 bridgehead atoms. The van der Waals surface area contributed by atoms with Crippen molar-refractivity contribution in [1.82, 2.24) is 0 Å². The summed E-state index contributed by atoms with van der Waals surface area (Å²) < 4.78 is 205. The van der Waals surface area contributed by atoms with Gasteiger partial charge in [-0.1, -0.05) is 0 Å². The van der Waals surface area contributed by atoms with Crippen LogP contribution in [0.3, 0.4) is 0 Å². The number of nitrogens with zero attached hydrogens (tertiary/aromatic N) is 3. The monoisotopic (exact) mass is 705 g/mol. The maximum Gasteiger partial charge on any atom is 0.349 e. The smallest absolute Gasteiger partial charge is 0.300 e. The first-order chi connectivity index (χ1) is 18.4. The quantitative estimate of drug-likeness (QED) is 0.104. The summed E-state index contributed by atoms with van der Waals surface area (Å²) in [6.45, 7) is -9.38. The molecule has 1 rings (SSSR count). The van der Waals surface area contributed by atoms with E-state index in [-0.39, 0.29) is 41.5 Å².